The molecule has 16 heavy (non-hydrogen) atoms. The van der Waals surface area contributed by atoms with Crippen molar-refractivity contribution in [2.24, 2.45) is 5.84 Å². The van der Waals surface area contributed by atoms with E-state index in [2.05, 4.69) is 5.43 Å². The minimum absolute atomic E-state index is 0.113. The summed E-state index contributed by atoms with van der Waals surface area (Å²) in [5.41, 5.74) is 3.27. The van der Waals surface area contributed by atoms with Gasteiger partial charge in [0.05, 0.1) is 12.1 Å². The Balaban J connectivity index is 2.74. The predicted molar refractivity (Wildman–Crippen MR) is 57.6 cm³/mol. The third-order valence-corrected chi connectivity index (χ3v) is 2.59. The molecule has 0 spiro atoms. The molecule has 0 aliphatic carbocycles. The van der Waals surface area contributed by atoms with Crippen molar-refractivity contribution < 1.29 is 13.5 Å². The summed E-state index contributed by atoms with van der Waals surface area (Å²) in [6.45, 7) is 1.85. The van der Waals surface area contributed by atoms with Crippen LogP contribution in [-0.4, -0.2) is 19.3 Å². The van der Waals surface area contributed by atoms with Crippen LogP contribution in [0.15, 0.2) is 18.2 Å². The number of hydrogen-bond acceptors (Lipinski definition) is 3. The maximum Gasteiger partial charge on any atom is 0.159 e. The molecule has 1 rings (SSSR count). The van der Waals surface area contributed by atoms with Gasteiger partial charge in [-0.1, -0.05) is 6.07 Å². The first kappa shape index (κ1) is 13.0. The molecule has 3 N–H and O–H groups in total. The maximum atomic E-state index is 13.0. The SMILES string of the molecule is COC(C)C(Cc1ccc(F)c(F)c1)NN. The molecular weight excluding hydrogens is 214 g/mol. The van der Waals surface area contributed by atoms with Gasteiger partial charge >= 0.3 is 0 Å². The van der Waals surface area contributed by atoms with Crippen LogP contribution in [0.4, 0.5) is 8.78 Å². The zero-order valence-electron chi connectivity index (χ0n) is 9.34. The summed E-state index contributed by atoms with van der Waals surface area (Å²) in [5.74, 6) is 3.67. The van der Waals surface area contributed by atoms with Crippen molar-refractivity contribution >= 4 is 0 Å². The minimum atomic E-state index is -0.849. The third-order valence-electron chi connectivity index (χ3n) is 2.59. The lowest BCUT2D eigenvalue weighted by molar-refractivity contribution is 0.0831. The van der Waals surface area contributed by atoms with Crippen LogP contribution in [0.25, 0.3) is 0 Å². The molecule has 0 bridgehead atoms. The summed E-state index contributed by atoms with van der Waals surface area (Å²) in [6.07, 6.45) is 0.362. The van der Waals surface area contributed by atoms with E-state index in [0.717, 1.165) is 6.07 Å². The Bertz CT molecular complexity index is 347. The van der Waals surface area contributed by atoms with Crippen molar-refractivity contribution in [3.05, 3.63) is 35.4 Å². The van der Waals surface area contributed by atoms with Crippen LogP contribution in [0.2, 0.25) is 0 Å². The Morgan fingerprint density at radius 1 is 1.38 bits per heavy atom. The van der Waals surface area contributed by atoms with Gasteiger partial charge in [0.25, 0.3) is 0 Å². The molecule has 0 heterocycles. The number of nitrogens with two attached hydrogens (primary N) is 1. The van der Waals surface area contributed by atoms with Crippen LogP contribution < -0.4 is 11.3 Å². The molecule has 90 valence electrons. The molecule has 3 nitrogen and oxygen atoms in total. The quantitative estimate of drug-likeness (QED) is 0.593. The minimum Gasteiger partial charge on any atom is -0.380 e. The fourth-order valence-corrected chi connectivity index (χ4v) is 1.45. The van der Waals surface area contributed by atoms with Gasteiger partial charge in [-0.25, -0.2) is 8.78 Å². The van der Waals surface area contributed by atoms with Crippen LogP contribution in [0.1, 0.15) is 12.5 Å². The van der Waals surface area contributed by atoms with E-state index in [1.807, 2.05) is 6.92 Å². The fourth-order valence-electron chi connectivity index (χ4n) is 1.45. The van der Waals surface area contributed by atoms with Crippen molar-refractivity contribution in [1.29, 1.82) is 0 Å². The van der Waals surface area contributed by atoms with Gasteiger partial charge in [-0.05, 0) is 31.0 Å². The summed E-state index contributed by atoms with van der Waals surface area (Å²) in [6, 6.07) is 3.66. The fraction of sp³-hybridized carbons (Fsp3) is 0.455. The molecule has 5 heteroatoms. The van der Waals surface area contributed by atoms with Gasteiger partial charge in [-0.2, -0.15) is 0 Å². The zero-order valence-corrected chi connectivity index (χ0v) is 9.34. The van der Waals surface area contributed by atoms with E-state index in [9.17, 15) is 8.78 Å². The van der Waals surface area contributed by atoms with Crippen molar-refractivity contribution in [1.82, 2.24) is 5.43 Å². The Kier molecular flexibility index (Phi) is 4.79. The average Bonchev–Trinajstić information content (AvgIpc) is 2.29. The highest BCUT2D eigenvalue weighted by atomic mass is 19.2. The molecule has 1 aromatic rings. The highest BCUT2D eigenvalue weighted by Crippen LogP contribution is 2.12. The van der Waals surface area contributed by atoms with Gasteiger partial charge in [0, 0.05) is 7.11 Å². The first-order valence-electron chi connectivity index (χ1n) is 5.01. The lowest BCUT2D eigenvalue weighted by Crippen LogP contribution is -2.45. The standard InChI is InChI=1S/C11H16F2N2O/c1-7(16-2)11(15-14)6-8-3-4-9(12)10(13)5-8/h3-5,7,11,15H,6,14H2,1-2H3. The van der Waals surface area contributed by atoms with Crippen molar-refractivity contribution in [3.63, 3.8) is 0 Å². The number of halogens is 2. The van der Waals surface area contributed by atoms with E-state index in [1.54, 1.807) is 7.11 Å². The van der Waals surface area contributed by atoms with Crippen LogP contribution in [0, 0.1) is 11.6 Å². The molecule has 0 aromatic heterocycles. The van der Waals surface area contributed by atoms with Gasteiger partial charge in [-0.3, -0.25) is 11.3 Å². The molecular formula is C11H16F2N2O. The van der Waals surface area contributed by atoms with Crippen molar-refractivity contribution in [2.75, 3.05) is 7.11 Å². The molecule has 0 aliphatic rings. The summed E-state index contributed by atoms with van der Waals surface area (Å²) < 4.78 is 30.8. The highest BCUT2D eigenvalue weighted by Gasteiger charge is 2.16. The smallest absolute Gasteiger partial charge is 0.159 e. The molecule has 2 unspecified atom stereocenters. The molecule has 1 aromatic carbocycles. The highest BCUT2D eigenvalue weighted by molar-refractivity contribution is 5.19. The molecule has 0 saturated heterocycles. The monoisotopic (exact) mass is 230 g/mol. The van der Waals surface area contributed by atoms with Crippen molar-refractivity contribution in [3.8, 4) is 0 Å². The first-order chi connectivity index (χ1) is 7.58. The number of hydrogen-bond donors (Lipinski definition) is 2. The predicted octanol–water partition coefficient (Wildman–Crippen LogP) is 1.37. The Labute approximate surface area is 93.6 Å². The van der Waals surface area contributed by atoms with E-state index in [1.165, 1.54) is 12.1 Å². The van der Waals surface area contributed by atoms with Crippen LogP contribution in [0.3, 0.4) is 0 Å². The van der Waals surface area contributed by atoms with E-state index in [4.69, 9.17) is 10.6 Å². The van der Waals surface area contributed by atoms with E-state index >= 15 is 0 Å². The summed E-state index contributed by atoms with van der Waals surface area (Å²) in [5, 5.41) is 0. The number of rotatable bonds is 5. The lowest BCUT2D eigenvalue weighted by Gasteiger charge is -2.21. The second-order valence-electron chi connectivity index (χ2n) is 3.67. The van der Waals surface area contributed by atoms with Crippen LogP contribution in [-0.2, 0) is 11.2 Å². The Hall–Kier alpha value is -1.04. The summed E-state index contributed by atoms with van der Waals surface area (Å²) >= 11 is 0. The van der Waals surface area contributed by atoms with Gasteiger partial charge in [0.2, 0.25) is 0 Å². The van der Waals surface area contributed by atoms with Crippen molar-refractivity contribution in [2.45, 2.75) is 25.5 Å². The summed E-state index contributed by atoms with van der Waals surface area (Å²) in [4.78, 5) is 0. The Morgan fingerprint density at radius 3 is 2.56 bits per heavy atom. The Morgan fingerprint density at radius 2 is 2.06 bits per heavy atom. The third kappa shape index (κ3) is 3.23. The summed E-state index contributed by atoms with van der Waals surface area (Å²) in [7, 11) is 1.57. The molecule has 0 aliphatic heterocycles. The van der Waals surface area contributed by atoms with E-state index < -0.39 is 11.6 Å². The largest absolute Gasteiger partial charge is 0.380 e. The van der Waals surface area contributed by atoms with E-state index in [-0.39, 0.29) is 12.1 Å². The van der Waals surface area contributed by atoms with E-state index in [0.29, 0.717) is 12.0 Å². The van der Waals surface area contributed by atoms with Gasteiger partial charge in [0.1, 0.15) is 0 Å². The zero-order chi connectivity index (χ0) is 12.1. The van der Waals surface area contributed by atoms with Gasteiger partial charge < -0.3 is 4.74 Å². The maximum absolute atomic E-state index is 13.0. The molecule has 0 amide bonds. The average molecular weight is 230 g/mol. The number of benzene rings is 1. The lowest BCUT2D eigenvalue weighted by atomic mass is 10.0. The van der Waals surface area contributed by atoms with Crippen LogP contribution in [0.5, 0.6) is 0 Å². The molecule has 2 atom stereocenters. The topological polar surface area (TPSA) is 47.3 Å². The number of nitrogens with one attached hydrogen (secondary N) is 1. The number of methoxy groups -OCH3 is 1. The van der Waals surface area contributed by atoms with Crippen LogP contribution >= 0.6 is 0 Å². The number of ether oxygens (including phenoxy) is 1. The second-order valence-corrected chi connectivity index (χ2v) is 3.67. The number of hydrazine groups is 1. The van der Waals surface area contributed by atoms with Gasteiger partial charge in [-0.15, -0.1) is 0 Å². The first-order valence-corrected chi connectivity index (χ1v) is 5.01. The molecule has 0 saturated carbocycles. The normalized spacial score (nSPS) is 14.8. The molecule has 0 radical (unpaired) electrons. The molecule has 0 fully saturated rings. The van der Waals surface area contributed by atoms with Gasteiger partial charge in [0.15, 0.2) is 11.6 Å². The second kappa shape index (κ2) is 5.89.